The van der Waals surface area contributed by atoms with Crippen molar-refractivity contribution < 1.29 is 9.32 Å². The third-order valence-electron chi connectivity index (χ3n) is 7.76. The van der Waals surface area contributed by atoms with E-state index in [4.69, 9.17) is 4.52 Å². The number of hydrogen-bond acceptors (Lipinski definition) is 2. The van der Waals surface area contributed by atoms with E-state index in [9.17, 15) is 4.79 Å². The van der Waals surface area contributed by atoms with Crippen molar-refractivity contribution in [2.45, 2.75) is 71.1 Å². The minimum absolute atomic E-state index is 0.129. The van der Waals surface area contributed by atoms with Crippen LogP contribution in [-0.2, 0) is 9.32 Å². The van der Waals surface area contributed by atoms with Crippen LogP contribution in [-0.4, -0.2) is 5.97 Å². The van der Waals surface area contributed by atoms with Gasteiger partial charge in [-0.2, -0.15) is 0 Å². The summed E-state index contributed by atoms with van der Waals surface area (Å²) in [5, 5.41) is 4.14. The summed E-state index contributed by atoms with van der Waals surface area (Å²) in [5.74, 6) is -0.129. The second-order valence-electron chi connectivity index (χ2n) is 10.4. The molecule has 0 spiro atoms. The van der Waals surface area contributed by atoms with Crippen LogP contribution in [0.15, 0.2) is 121 Å². The van der Waals surface area contributed by atoms with Gasteiger partial charge in [-0.3, -0.25) is 0 Å². The summed E-state index contributed by atoms with van der Waals surface area (Å²) in [7, 11) is 0. The van der Waals surface area contributed by atoms with Crippen LogP contribution >= 0.6 is 6.83 Å². The molecule has 0 aliphatic rings. The molecule has 0 N–H and O–H groups in total. The van der Waals surface area contributed by atoms with E-state index >= 15 is 0 Å². The van der Waals surface area contributed by atoms with E-state index in [1.807, 2.05) is 24.3 Å². The topological polar surface area (TPSA) is 26.3 Å². The van der Waals surface area contributed by atoms with Gasteiger partial charge in [0.05, 0.1) is 0 Å². The number of carbonyl (C=O) groups is 1. The molecule has 3 heteroatoms. The first-order valence-electron chi connectivity index (χ1n) is 14.7. The molecule has 4 aromatic carbocycles. The first-order chi connectivity index (χ1) is 19.2. The fourth-order valence-corrected chi connectivity index (χ4v) is 11.5. The first kappa shape index (κ1) is 28.8. The zero-order valence-corrected chi connectivity index (χ0v) is 24.3. The second-order valence-corrected chi connectivity index (χ2v) is 14.7. The van der Waals surface area contributed by atoms with E-state index < -0.39 is 6.83 Å². The van der Waals surface area contributed by atoms with Gasteiger partial charge < -0.3 is 0 Å². The summed E-state index contributed by atoms with van der Waals surface area (Å²) in [6.45, 7) is -1.63. The Morgan fingerprint density at radius 1 is 0.487 bits per heavy atom. The van der Waals surface area contributed by atoms with Crippen molar-refractivity contribution in [1.29, 1.82) is 0 Å². The quantitative estimate of drug-likeness (QED) is 0.113. The second kappa shape index (κ2) is 14.2. The number of hydrogen-bond donors (Lipinski definition) is 0. The first-order valence-corrected chi connectivity index (χ1v) is 16.8. The average molecular weight is 539 g/mol. The van der Waals surface area contributed by atoms with E-state index in [2.05, 4.69) is 104 Å². The van der Waals surface area contributed by atoms with Crippen LogP contribution < -0.4 is 21.2 Å². The molecular formula is C36H43O2P. The Morgan fingerprint density at radius 3 is 1.13 bits per heavy atom. The zero-order chi connectivity index (χ0) is 27.3. The molecule has 0 unspecified atom stereocenters. The summed E-state index contributed by atoms with van der Waals surface area (Å²) in [4.78, 5) is 14.0. The third-order valence-corrected chi connectivity index (χ3v) is 13.5. The van der Waals surface area contributed by atoms with Crippen molar-refractivity contribution in [2.24, 2.45) is 0 Å². The number of rotatable bonds is 15. The molecule has 0 saturated heterocycles. The van der Waals surface area contributed by atoms with Crippen molar-refractivity contribution >= 4 is 34.0 Å². The Hall–Kier alpha value is -3.22. The Bertz CT molecular complexity index is 1090. The van der Waals surface area contributed by atoms with E-state index in [1.165, 1.54) is 44.9 Å². The number of unbranched alkanes of at least 4 members (excludes halogenated alkanes) is 8. The van der Waals surface area contributed by atoms with E-state index in [0.29, 0.717) is 6.42 Å². The molecule has 39 heavy (non-hydrogen) atoms. The van der Waals surface area contributed by atoms with E-state index in [0.717, 1.165) is 34.1 Å². The van der Waals surface area contributed by atoms with Crippen molar-refractivity contribution in [1.82, 2.24) is 0 Å². The summed E-state index contributed by atoms with van der Waals surface area (Å²) in [5.41, 5.74) is 0. The Balaban J connectivity index is 1.73. The molecule has 4 aromatic rings. The van der Waals surface area contributed by atoms with Crippen molar-refractivity contribution in [3.8, 4) is 0 Å². The van der Waals surface area contributed by atoms with Crippen molar-refractivity contribution in [2.75, 3.05) is 0 Å². The molecule has 0 atom stereocenters. The van der Waals surface area contributed by atoms with Crippen molar-refractivity contribution in [3.63, 3.8) is 0 Å². The van der Waals surface area contributed by atoms with Crippen LogP contribution in [0.2, 0.25) is 0 Å². The SMILES string of the molecule is CCCCCCCCCCCC(=O)OP(c1ccccc1)(c1ccccc1)(c1ccccc1)c1ccccc1. The molecule has 0 bridgehead atoms. The van der Waals surface area contributed by atoms with Crippen LogP contribution in [0, 0.1) is 0 Å². The fraction of sp³-hybridized carbons (Fsp3) is 0.306. The molecule has 204 valence electrons. The summed E-state index contributed by atoms with van der Waals surface area (Å²) in [6.07, 6.45) is 11.4. The molecule has 0 aliphatic heterocycles. The molecular weight excluding hydrogens is 495 g/mol. The number of carbonyl (C=O) groups excluding carboxylic acids is 1. The van der Waals surface area contributed by atoms with Crippen LogP contribution in [0.5, 0.6) is 0 Å². The van der Waals surface area contributed by atoms with Crippen LogP contribution in [0.3, 0.4) is 0 Å². The molecule has 0 heterocycles. The van der Waals surface area contributed by atoms with Gasteiger partial charge in [0, 0.05) is 0 Å². The van der Waals surface area contributed by atoms with Gasteiger partial charge in [0.25, 0.3) is 0 Å². The Labute approximate surface area is 235 Å². The molecule has 4 rings (SSSR count). The van der Waals surface area contributed by atoms with Crippen molar-refractivity contribution in [3.05, 3.63) is 121 Å². The number of benzene rings is 4. The normalized spacial score (nSPS) is 12.4. The molecule has 0 amide bonds. The molecule has 2 nitrogen and oxygen atoms in total. The Morgan fingerprint density at radius 2 is 0.795 bits per heavy atom. The van der Waals surface area contributed by atoms with Crippen LogP contribution in [0.1, 0.15) is 71.1 Å². The predicted molar refractivity (Wildman–Crippen MR) is 169 cm³/mol. The third kappa shape index (κ3) is 6.18. The van der Waals surface area contributed by atoms with E-state index in [-0.39, 0.29) is 5.97 Å². The van der Waals surface area contributed by atoms with Crippen LogP contribution in [0.25, 0.3) is 0 Å². The standard InChI is InChI=1S/C36H43O2P/c1-2-3-4-5-6-7-8-9-22-31-36(37)38-39(32-23-14-10-15-24-32,33-25-16-11-17-26-33,34-27-18-12-19-28-34)35-29-20-13-21-30-35/h10-21,23-30H,2-9,22,31H2,1H3. The Kier molecular flexibility index (Phi) is 10.5. The average Bonchev–Trinajstić information content (AvgIpc) is 3.01. The maximum absolute atomic E-state index is 14.0. The molecule has 0 aromatic heterocycles. The van der Waals surface area contributed by atoms with Gasteiger partial charge in [-0.1, -0.05) is 6.92 Å². The van der Waals surface area contributed by atoms with Crippen LogP contribution in [0.4, 0.5) is 0 Å². The van der Waals surface area contributed by atoms with E-state index in [1.54, 1.807) is 0 Å². The van der Waals surface area contributed by atoms with Gasteiger partial charge in [0.2, 0.25) is 0 Å². The summed E-state index contributed by atoms with van der Waals surface area (Å²) >= 11 is 0. The summed E-state index contributed by atoms with van der Waals surface area (Å²) < 4.78 is 7.13. The minimum atomic E-state index is -3.89. The summed E-state index contributed by atoms with van der Waals surface area (Å²) in [6, 6.07) is 41.6. The van der Waals surface area contributed by atoms with Gasteiger partial charge in [-0.25, -0.2) is 0 Å². The zero-order valence-electron chi connectivity index (χ0n) is 23.4. The molecule has 0 radical (unpaired) electrons. The maximum atomic E-state index is 14.0. The fourth-order valence-electron chi connectivity index (χ4n) is 5.78. The molecule has 0 aliphatic carbocycles. The van der Waals surface area contributed by atoms with Gasteiger partial charge >= 0.3 is 229 Å². The monoisotopic (exact) mass is 538 g/mol. The van der Waals surface area contributed by atoms with Gasteiger partial charge in [-0.15, -0.1) is 0 Å². The molecule has 0 saturated carbocycles. The van der Waals surface area contributed by atoms with Gasteiger partial charge in [0.15, 0.2) is 0 Å². The van der Waals surface area contributed by atoms with Gasteiger partial charge in [0.1, 0.15) is 0 Å². The predicted octanol–water partition coefficient (Wildman–Crippen LogP) is 8.22. The molecule has 0 fully saturated rings. The van der Waals surface area contributed by atoms with Gasteiger partial charge in [-0.05, 0) is 0 Å².